The van der Waals surface area contributed by atoms with Crippen molar-refractivity contribution < 1.29 is 21.6 Å². The number of nitrogens with one attached hydrogen (secondary N) is 3. The van der Waals surface area contributed by atoms with Crippen molar-refractivity contribution in [1.29, 1.82) is 0 Å². The number of rotatable bonds is 7. The number of hydrogen-bond acceptors (Lipinski definition) is 6. The molecule has 0 aliphatic heterocycles. The minimum Gasteiger partial charge on any atom is -0.350 e. The summed E-state index contributed by atoms with van der Waals surface area (Å²) in [5.41, 5.74) is 2.78. The Morgan fingerprint density at radius 2 is 1.62 bits per heavy atom. The predicted octanol–water partition coefficient (Wildman–Crippen LogP) is 3.41. The van der Waals surface area contributed by atoms with Crippen LogP contribution in [0.1, 0.15) is 11.3 Å². The topological polar surface area (TPSA) is 96.0 Å². The van der Waals surface area contributed by atoms with Gasteiger partial charge in [0, 0.05) is 18.4 Å². The number of nitrogens with zero attached hydrogens (tertiary/aromatic N) is 2. The maximum atomic E-state index is 12.7. The van der Waals surface area contributed by atoms with E-state index in [0.29, 0.717) is 11.3 Å². The molecule has 0 fully saturated rings. The zero-order chi connectivity index (χ0) is 20.9. The van der Waals surface area contributed by atoms with Crippen LogP contribution in [0.25, 0.3) is 0 Å². The summed E-state index contributed by atoms with van der Waals surface area (Å²) in [6, 6.07) is 15.4. The summed E-state index contributed by atoms with van der Waals surface area (Å²) in [6.45, 7) is 0.122. The number of aromatic nitrogens is 2. The van der Waals surface area contributed by atoms with Crippen molar-refractivity contribution in [1.82, 2.24) is 14.8 Å². The van der Waals surface area contributed by atoms with Gasteiger partial charge in [0.1, 0.15) is 5.69 Å². The van der Waals surface area contributed by atoms with Crippen LogP contribution in [0.5, 0.6) is 0 Å². The Balaban J connectivity index is 1.61. The summed E-state index contributed by atoms with van der Waals surface area (Å²) in [4.78, 5) is 9.45. The van der Waals surface area contributed by atoms with Gasteiger partial charge in [-0.2, -0.15) is 13.2 Å². The van der Waals surface area contributed by atoms with Gasteiger partial charge in [-0.1, -0.05) is 30.3 Å². The zero-order valence-corrected chi connectivity index (χ0v) is 15.6. The first-order valence-electron chi connectivity index (χ1n) is 8.30. The molecule has 152 valence electrons. The van der Waals surface area contributed by atoms with Crippen molar-refractivity contribution in [2.45, 2.75) is 17.6 Å². The minimum atomic E-state index is -4.56. The number of benzene rings is 2. The predicted molar refractivity (Wildman–Crippen MR) is 101 cm³/mol. The Hall–Kier alpha value is -3.18. The highest BCUT2D eigenvalue weighted by atomic mass is 32.2. The van der Waals surface area contributed by atoms with Crippen LogP contribution in [-0.2, 0) is 22.7 Å². The molecule has 29 heavy (non-hydrogen) atoms. The third-order valence-electron chi connectivity index (χ3n) is 3.73. The summed E-state index contributed by atoms with van der Waals surface area (Å²) in [5.74, 6) is -0.176. The molecular formula is C18H16F3N5O2S. The monoisotopic (exact) mass is 423 g/mol. The normalized spacial score (nSPS) is 11.8. The molecule has 1 heterocycles. The first-order chi connectivity index (χ1) is 13.7. The first kappa shape index (κ1) is 20.6. The average Bonchev–Trinajstić information content (AvgIpc) is 2.71. The van der Waals surface area contributed by atoms with Crippen LogP contribution in [0.2, 0.25) is 0 Å². The van der Waals surface area contributed by atoms with Gasteiger partial charge >= 0.3 is 6.18 Å². The van der Waals surface area contributed by atoms with Crippen LogP contribution in [0.15, 0.2) is 71.8 Å². The molecule has 0 aliphatic carbocycles. The summed E-state index contributed by atoms with van der Waals surface area (Å²) in [7, 11) is -3.80. The molecule has 0 saturated heterocycles. The van der Waals surface area contributed by atoms with E-state index in [1.54, 1.807) is 30.3 Å². The van der Waals surface area contributed by atoms with E-state index in [1.165, 1.54) is 24.3 Å². The van der Waals surface area contributed by atoms with Gasteiger partial charge in [-0.15, -0.1) is 4.83 Å². The second-order valence-corrected chi connectivity index (χ2v) is 7.54. The molecule has 3 rings (SSSR count). The Kier molecular flexibility index (Phi) is 5.99. The number of halogens is 3. The van der Waals surface area contributed by atoms with Gasteiger partial charge in [0.25, 0.3) is 10.0 Å². The fourth-order valence-corrected chi connectivity index (χ4v) is 3.14. The summed E-state index contributed by atoms with van der Waals surface area (Å²) in [5, 5.41) is 2.68. The van der Waals surface area contributed by atoms with E-state index in [1.807, 2.05) is 0 Å². The molecule has 11 heteroatoms. The van der Waals surface area contributed by atoms with Gasteiger partial charge in [0.15, 0.2) is 0 Å². The first-order valence-corrected chi connectivity index (χ1v) is 9.78. The Bertz CT molecular complexity index is 1060. The van der Waals surface area contributed by atoms with Crippen LogP contribution in [0.3, 0.4) is 0 Å². The Morgan fingerprint density at radius 1 is 0.931 bits per heavy atom. The standard InChI is InChI=1S/C18H16F3N5O2S/c19-18(20,21)16-10-11-22-17(24-16)23-12-13-6-8-15(9-7-13)29(27,28)26-25-14-4-2-1-3-5-14/h1-11,25-26H,12H2,(H,22,23,24). The fraction of sp³-hybridized carbons (Fsp3) is 0.111. The van der Waals surface area contributed by atoms with E-state index >= 15 is 0 Å². The van der Waals surface area contributed by atoms with Crippen LogP contribution in [0.4, 0.5) is 24.8 Å². The molecule has 0 saturated carbocycles. The summed E-state index contributed by atoms with van der Waals surface area (Å²) in [6.07, 6.45) is -3.55. The lowest BCUT2D eigenvalue weighted by Crippen LogP contribution is -2.29. The van der Waals surface area contributed by atoms with Crippen molar-refractivity contribution in [2.75, 3.05) is 10.7 Å². The van der Waals surface area contributed by atoms with E-state index in [-0.39, 0.29) is 17.4 Å². The number of hydrogen-bond donors (Lipinski definition) is 3. The fourth-order valence-electron chi connectivity index (χ4n) is 2.28. The SMILES string of the molecule is O=S(=O)(NNc1ccccc1)c1ccc(CNc2nccc(C(F)(F)F)n2)cc1. The number of sulfonamides is 1. The maximum Gasteiger partial charge on any atom is 0.433 e. The smallest absolute Gasteiger partial charge is 0.350 e. The summed E-state index contributed by atoms with van der Waals surface area (Å²) < 4.78 is 62.6. The van der Waals surface area contributed by atoms with Crippen molar-refractivity contribution in [3.05, 3.63) is 78.1 Å². The lowest BCUT2D eigenvalue weighted by molar-refractivity contribution is -0.141. The van der Waals surface area contributed by atoms with Crippen molar-refractivity contribution in [3.63, 3.8) is 0 Å². The van der Waals surface area contributed by atoms with Crippen LogP contribution >= 0.6 is 0 Å². The van der Waals surface area contributed by atoms with Gasteiger partial charge in [-0.05, 0) is 35.9 Å². The molecule has 0 amide bonds. The van der Waals surface area contributed by atoms with Gasteiger partial charge in [-0.3, -0.25) is 0 Å². The molecule has 0 unspecified atom stereocenters. The molecule has 0 bridgehead atoms. The van der Waals surface area contributed by atoms with E-state index in [9.17, 15) is 21.6 Å². The number of alkyl halides is 3. The molecule has 0 aliphatic rings. The van der Waals surface area contributed by atoms with Crippen LogP contribution < -0.4 is 15.6 Å². The quantitative estimate of drug-likeness (QED) is 0.504. The van der Waals surface area contributed by atoms with Crippen LogP contribution in [-0.4, -0.2) is 18.4 Å². The van der Waals surface area contributed by atoms with Gasteiger partial charge in [-0.25, -0.2) is 18.4 Å². The van der Waals surface area contributed by atoms with E-state index < -0.39 is 21.9 Å². The van der Waals surface area contributed by atoms with Crippen LogP contribution in [0, 0.1) is 0 Å². The zero-order valence-electron chi connectivity index (χ0n) is 14.8. The molecule has 0 spiro atoms. The molecule has 7 nitrogen and oxygen atoms in total. The number of hydrazine groups is 1. The molecule has 1 aromatic heterocycles. The highest BCUT2D eigenvalue weighted by Crippen LogP contribution is 2.27. The second kappa shape index (κ2) is 8.45. The molecule has 0 atom stereocenters. The highest BCUT2D eigenvalue weighted by molar-refractivity contribution is 7.89. The Labute approximate surface area is 165 Å². The number of para-hydroxylation sites is 1. The van der Waals surface area contributed by atoms with Crippen molar-refractivity contribution in [3.8, 4) is 0 Å². The molecule has 2 aromatic carbocycles. The minimum absolute atomic E-state index is 0.0278. The van der Waals surface area contributed by atoms with E-state index in [2.05, 4.69) is 25.5 Å². The summed E-state index contributed by atoms with van der Waals surface area (Å²) >= 11 is 0. The Morgan fingerprint density at radius 3 is 2.28 bits per heavy atom. The van der Waals surface area contributed by atoms with E-state index in [4.69, 9.17) is 0 Å². The lowest BCUT2D eigenvalue weighted by Gasteiger charge is -2.11. The molecule has 0 radical (unpaired) electrons. The number of anilines is 2. The third kappa shape index (κ3) is 5.65. The van der Waals surface area contributed by atoms with Crippen molar-refractivity contribution >= 4 is 21.7 Å². The van der Waals surface area contributed by atoms with Gasteiger partial charge < -0.3 is 10.7 Å². The molecular weight excluding hydrogens is 407 g/mol. The largest absolute Gasteiger partial charge is 0.433 e. The molecule has 3 aromatic rings. The van der Waals surface area contributed by atoms with E-state index in [0.717, 1.165) is 12.3 Å². The van der Waals surface area contributed by atoms with Gasteiger partial charge in [0.2, 0.25) is 5.95 Å². The van der Waals surface area contributed by atoms with Crippen molar-refractivity contribution in [2.24, 2.45) is 0 Å². The molecule has 3 N–H and O–H groups in total. The highest BCUT2D eigenvalue weighted by Gasteiger charge is 2.32. The average molecular weight is 423 g/mol. The van der Waals surface area contributed by atoms with Gasteiger partial charge in [0.05, 0.1) is 4.90 Å². The second-order valence-electron chi connectivity index (χ2n) is 5.86. The lowest BCUT2D eigenvalue weighted by atomic mass is 10.2. The maximum absolute atomic E-state index is 12.7. The third-order valence-corrected chi connectivity index (χ3v) is 5.00.